The summed E-state index contributed by atoms with van der Waals surface area (Å²) in [6.45, 7) is 2.32. The van der Waals surface area contributed by atoms with E-state index in [2.05, 4.69) is 10.5 Å². The van der Waals surface area contributed by atoms with E-state index >= 15 is 0 Å². The standard InChI is InChI=1S/C12H16F3N5OS/c1-7-6-9(12(13,14)15)17-20(7)18-11(21)19-4-2-8(3-5-19)10(16)22/h6,8H,2-5H2,1H3,(H2,16,22)(H,18,21). The molecule has 0 aromatic carbocycles. The summed E-state index contributed by atoms with van der Waals surface area (Å²) in [5.74, 6) is 0.0994. The highest BCUT2D eigenvalue weighted by Gasteiger charge is 2.35. The van der Waals surface area contributed by atoms with Gasteiger partial charge in [0.05, 0.1) is 10.7 Å². The number of nitrogens with two attached hydrogens (primary N) is 1. The van der Waals surface area contributed by atoms with Crippen molar-refractivity contribution in [2.75, 3.05) is 18.5 Å². The van der Waals surface area contributed by atoms with Crippen LogP contribution in [-0.2, 0) is 6.18 Å². The van der Waals surface area contributed by atoms with Crippen LogP contribution in [0.5, 0.6) is 0 Å². The fourth-order valence-electron chi connectivity index (χ4n) is 2.25. The van der Waals surface area contributed by atoms with E-state index in [-0.39, 0.29) is 11.6 Å². The molecule has 3 N–H and O–H groups in total. The molecule has 2 heterocycles. The van der Waals surface area contributed by atoms with E-state index in [4.69, 9.17) is 18.0 Å². The first-order valence-electron chi connectivity index (χ1n) is 6.67. The molecular formula is C12H16F3N5OS. The molecule has 2 rings (SSSR count). The third-order valence-electron chi connectivity index (χ3n) is 3.56. The molecular weight excluding hydrogens is 319 g/mol. The SMILES string of the molecule is Cc1cc(C(F)(F)F)nn1NC(=O)N1CCC(C(N)=S)CC1. The van der Waals surface area contributed by atoms with Crippen LogP contribution in [-0.4, -0.2) is 38.9 Å². The van der Waals surface area contributed by atoms with Gasteiger partial charge in [0.15, 0.2) is 5.69 Å². The van der Waals surface area contributed by atoms with E-state index in [1.165, 1.54) is 11.8 Å². The van der Waals surface area contributed by atoms with Crippen molar-refractivity contribution >= 4 is 23.2 Å². The van der Waals surface area contributed by atoms with E-state index in [1.54, 1.807) is 0 Å². The molecule has 0 atom stereocenters. The van der Waals surface area contributed by atoms with Gasteiger partial charge in [0.25, 0.3) is 0 Å². The van der Waals surface area contributed by atoms with Crippen LogP contribution in [0.4, 0.5) is 18.0 Å². The summed E-state index contributed by atoms with van der Waals surface area (Å²) in [6, 6.07) is 0.376. The fraction of sp³-hybridized carbons (Fsp3) is 0.583. The summed E-state index contributed by atoms with van der Waals surface area (Å²) in [7, 11) is 0. The molecule has 1 aromatic heterocycles. The Bertz CT molecular complexity index is 578. The summed E-state index contributed by atoms with van der Waals surface area (Å²) in [5.41, 5.74) is 7.06. The summed E-state index contributed by atoms with van der Waals surface area (Å²) in [5, 5.41) is 3.35. The molecule has 2 amide bonds. The van der Waals surface area contributed by atoms with Gasteiger partial charge < -0.3 is 10.6 Å². The third kappa shape index (κ3) is 3.67. The van der Waals surface area contributed by atoms with Crippen molar-refractivity contribution in [3.05, 3.63) is 17.5 Å². The van der Waals surface area contributed by atoms with Crippen LogP contribution < -0.4 is 11.2 Å². The number of rotatable bonds is 2. The molecule has 6 nitrogen and oxygen atoms in total. The first-order chi connectivity index (χ1) is 10.2. The summed E-state index contributed by atoms with van der Waals surface area (Å²) >= 11 is 4.92. The number of piperidine rings is 1. The molecule has 122 valence electrons. The minimum atomic E-state index is -4.55. The summed E-state index contributed by atoms with van der Waals surface area (Å²) in [4.78, 5) is 14.8. The van der Waals surface area contributed by atoms with Crippen molar-refractivity contribution < 1.29 is 18.0 Å². The van der Waals surface area contributed by atoms with Crippen molar-refractivity contribution in [2.45, 2.75) is 25.9 Å². The smallest absolute Gasteiger partial charge is 0.393 e. The van der Waals surface area contributed by atoms with Gasteiger partial charge in [0.2, 0.25) is 0 Å². The van der Waals surface area contributed by atoms with E-state index in [1.807, 2.05) is 0 Å². The van der Waals surface area contributed by atoms with Gasteiger partial charge in [-0.2, -0.15) is 18.0 Å². The average molecular weight is 335 g/mol. The van der Waals surface area contributed by atoms with Crippen LogP contribution in [0.25, 0.3) is 0 Å². The highest BCUT2D eigenvalue weighted by atomic mass is 32.1. The lowest BCUT2D eigenvalue weighted by molar-refractivity contribution is -0.141. The number of hydrogen-bond donors (Lipinski definition) is 2. The zero-order valence-corrected chi connectivity index (χ0v) is 12.7. The molecule has 0 aliphatic carbocycles. The number of carbonyl (C=O) groups is 1. The zero-order valence-electron chi connectivity index (χ0n) is 11.9. The monoisotopic (exact) mass is 335 g/mol. The highest BCUT2D eigenvalue weighted by Crippen LogP contribution is 2.28. The van der Waals surface area contributed by atoms with E-state index in [9.17, 15) is 18.0 Å². The molecule has 10 heteroatoms. The number of likely N-dealkylation sites (tertiary alicyclic amines) is 1. The number of aryl methyl sites for hydroxylation is 1. The number of amides is 2. The second-order valence-corrected chi connectivity index (χ2v) is 5.63. The van der Waals surface area contributed by atoms with Crippen molar-refractivity contribution in [3.63, 3.8) is 0 Å². The lowest BCUT2D eigenvalue weighted by atomic mass is 9.97. The molecule has 0 bridgehead atoms. The van der Waals surface area contributed by atoms with E-state index in [0.29, 0.717) is 30.9 Å². The third-order valence-corrected chi connectivity index (χ3v) is 3.90. The number of nitrogens with one attached hydrogen (secondary N) is 1. The second kappa shape index (κ2) is 6.11. The van der Waals surface area contributed by atoms with Crippen molar-refractivity contribution in [3.8, 4) is 0 Å². The summed E-state index contributed by atoms with van der Waals surface area (Å²) < 4.78 is 37.7. The van der Waals surface area contributed by atoms with Gasteiger partial charge in [-0.25, -0.2) is 10.2 Å². The molecule has 0 saturated carbocycles. The maximum absolute atomic E-state index is 12.6. The zero-order chi connectivity index (χ0) is 16.5. The molecule has 0 radical (unpaired) electrons. The van der Waals surface area contributed by atoms with Gasteiger partial charge in [-0.1, -0.05) is 12.2 Å². The molecule has 1 fully saturated rings. The largest absolute Gasteiger partial charge is 0.435 e. The summed E-state index contributed by atoms with van der Waals surface area (Å²) in [6.07, 6.45) is -3.25. The van der Waals surface area contributed by atoms with E-state index in [0.717, 1.165) is 10.9 Å². The number of nitrogens with zero attached hydrogens (tertiary/aromatic N) is 3. The van der Waals surface area contributed by atoms with Gasteiger partial charge in [-0.3, -0.25) is 0 Å². The Balaban J connectivity index is 1.98. The molecule has 1 aliphatic rings. The Kier molecular flexibility index (Phi) is 4.59. The Morgan fingerprint density at radius 2 is 2.05 bits per heavy atom. The Hall–Kier alpha value is -1.84. The first kappa shape index (κ1) is 16.5. The van der Waals surface area contributed by atoms with Crippen molar-refractivity contribution in [2.24, 2.45) is 11.7 Å². The minimum Gasteiger partial charge on any atom is -0.393 e. The van der Waals surface area contributed by atoms with Gasteiger partial charge in [0.1, 0.15) is 0 Å². The maximum Gasteiger partial charge on any atom is 0.435 e. The highest BCUT2D eigenvalue weighted by molar-refractivity contribution is 7.80. The molecule has 0 spiro atoms. The predicted molar refractivity (Wildman–Crippen MR) is 77.8 cm³/mol. The minimum absolute atomic E-state index is 0.0994. The Morgan fingerprint density at radius 3 is 2.50 bits per heavy atom. The second-order valence-electron chi connectivity index (χ2n) is 5.16. The quantitative estimate of drug-likeness (QED) is 0.809. The Labute approximate surface area is 130 Å². The molecule has 22 heavy (non-hydrogen) atoms. The van der Waals surface area contributed by atoms with Crippen molar-refractivity contribution in [1.29, 1.82) is 0 Å². The van der Waals surface area contributed by atoms with Crippen LogP contribution >= 0.6 is 12.2 Å². The number of thiocarbonyl (C=S) groups is 1. The first-order valence-corrected chi connectivity index (χ1v) is 7.08. The van der Waals surface area contributed by atoms with Gasteiger partial charge in [-0.15, -0.1) is 5.10 Å². The topological polar surface area (TPSA) is 76.2 Å². The fourth-order valence-corrected chi connectivity index (χ4v) is 2.49. The van der Waals surface area contributed by atoms with Gasteiger partial charge in [0, 0.05) is 19.0 Å². The average Bonchev–Trinajstić information content (AvgIpc) is 2.80. The molecule has 0 unspecified atom stereocenters. The molecule has 1 aromatic rings. The van der Waals surface area contributed by atoms with Crippen LogP contribution in [0, 0.1) is 12.8 Å². The number of alkyl halides is 3. The molecule has 1 saturated heterocycles. The number of urea groups is 1. The molecule has 1 aliphatic heterocycles. The van der Waals surface area contributed by atoms with Crippen LogP contribution in [0.3, 0.4) is 0 Å². The van der Waals surface area contributed by atoms with Crippen molar-refractivity contribution in [1.82, 2.24) is 14.8 Å². The number of aromatic nitrogens is 2. The van der Waals surface area contributed by atoms with Crippen LogP contribution in [0.15, 0.2) is 6.07 Å². The van der Waals surface area contributed by atoms with Gasteiger partial charge in [-0.05, 0) is 25.8 Å². The Morgan fingerprint density at radius 1 is 1.45 bits per heavy atom. The van der Waals surface area contributed by atoms with E-state index < -0.39 is 17.9 Å². The normalized spacial score (nSPS) is 16.6. The number of halogens is 3. The number of carbonyl (C=O) groups excluding carboxylic acids is 1. The predicted octanol–water partition coefficient (Wildman–Crippen LogP) is 1.87. The maximum atomic E-state index is 12.6. The lowest BCUT2D eigenvalue weighted by Gasteiger charge is -2.31. The number of hydrogen-bond acceptors (Lipinski definition) is 3. The lowest BCUT2D eigenvalue weighted by Crippen LogP contribution is -2.45. The van der Waals surface area contributed by atoms with Gasteiger partial charge >= 0.3 is 12.2 Å². The van der Waals surface area contributed by atoms with Crippen LogP contribution in [0.1, 0.15) is 24.2 Å². The van der Waals surface area contributed by atoms with Crippen LogP contribution in [0.2, 0.25) is 0 Å².